The first-order valence-electron chi connectivity index (χ1n) is 14.9. The summed E-state index contributed by atoms with van der Waals surface area (Å²) in [6, 6.07) is 17.5. The number of rotatable bonds is 8. The first kappa shape index (κ1) is 33.8. The van der Waals surface area contributed by atoms with Crippen molar-refractivity contribution >= 4 is 0 Å². The average molecular weight is 629 g/mol. The summed E-state index contributed by atoms with van der Waals surface area (Å²) in [5.41, 5.74) is 2.59. The quantitative estimate of drug-likeness (QED) is 0.107. The Morgan fingerprint density at radius 3 is 1.82 bits per heavy atom. The second-order valence-electron chi connectivity index (χ2n) is 11.3. The molecule has 45 heavy (non-hydrogen) atoms. The van der Waals surface area contributed by atoms with Crippen molar-refractivity contribution in [1.82, 2.24) is 0 Å². The fourth-order valence-corrected chi connectivity index (χ4v) is 5.49. The van der Waals surface area contributed by atoms with Gasteiger partial charge in [0.2, 0.25) is 0 Å². The van der Waals surface area contributed by atoms with Gasteiger partial charge in [0.25, 0.3) is 0 Å². The minimum absolute atomic E-state index is 0.0199. The van der Waals surface area contributed by atoms with Gasteiger partial charge in [-0.3, -0.25) is 0 Å². The lowest BCUT2D eigenvalue weighted by Crippen LogP contribution is -2.25. The Hall–Kier alpha value is -4.07. The van der Waals surface area contributed by atoms with Crippen molar-refractivity contribution in [2.75, 3.05) is 0 Å². The van der Waals surface area contributed by atoms with Gasteiger partial charge in [-0.15, -0.1) is 6.58 Å². The molecule has 1 aliphatic carbocycles. The maximum Gasteiger partial charge on any atom is 0.432 e. The van der Waals surface area contributed by atoms with Gasteiger partial charge in [-0.25, -0.2) is 22.0 Å². The molecule has 1 nitrogen and oxygen atoms in total. The summed E-state index contributed by atoms with van der Waals surface area (Å²) in [6.45, 7) is 8.04. The van der Waals surface area contributed by atoms with E-state index in [2.05, 4.69) is 48.6 Å². The van der Waals surface area contributed by atoms with Crippen LogP contribution in [-0.2, 0) is 12.5 Å². The van der Waals surface area contributed by atoms with E-state index in [-0.39, 0.29) is 17.7 Å². The van der Waals surface area contributed by atoms with Crippen LogP contribution in [0.2, 0.25) is 0 Å². The minimum Gasteiger partial charge on any atom is -0.429 e. The average Bonchev–Trinajstić information content (AvgIpc) is 3.00. The summed E-state index contributed by atoms with van der Waals surface area (Å²) in [4.78, 5) is 0. The molecule has 1 fully saturated rings. The SMILES string of the molecule is C=CC1CCC(c2ccc(C)cc2)CC1.CCCc1ccc(-c2cc(F)c(C(F)(F)Oc3cc(F)c(F)c(F)c3)c(F)c2)cc1. The van der Waals surface area contributed by atoms with E-state index >= 15 is 0 Å². The van der Waals surface area contributed by atoms with Crippen LogP contribution in [0, 0.1) is 41.9 Å². The fraction of sp³-hybridized carbons (Fsp3) is 0.297. The molecule has 0 unspecified atom stereocenters. The number of halogens is 7. The van der Waals surface area contributed by atoms with Gasteiger partial charge < -0.3 is 4.74 Å². The fourth-order valence-electron chi connectivity index (χ4n) is 5.49. The molecule has 8 heteroatoms. The first-order chi connectivity index (χ1) is 21.4. The van der Waals surface area contributed by atoms with E-state index in [1.165, 1.54) is 36.8 Å². The van der Waals surface area contributed by atoms with Gasteiger partial charge in [0.1, 0.15) is 22.9 Å². The Balaban J connectivity index is 0.000000256. The molecule has 4 aromatic carbocycles. The zero-order chi connectivity index (χ0) is 32.7. The first-order valence-corrected chi connectivity index (χ1v) is 14.9. The topological polar surface area (TPSA) is 9.23 Å². The van der Waals surface area contributed by atoms with E-state index in [9.17, 15) is 30.7 Å². The molecule has 0 heterocycles. The summed E-state index contributed by atoms with van der Waals surface area (Å²) in [5, 5.41) is 0. The second-order valence-corrected chi connectivity index (χ2v) is 11.3. The van der Waals surface area contributed by atoms with Gasteiger partial charge in [0.15, 0.2) is 17.5 Å². The van der Waals surface area contributed by atoms with Gasteiger partial charge >= 0.3 is 6.11 Å². The Kier molecular flexibility index (Phi) is 11.1. The highest BCUT2D eigenvalue weighted by atomic mass is 19.3. The van der Waals surface area contributed by atoms with Crippen LogP contribution in [0.15, 0.2) is 85.5 Å². The number of hydrogen-bond donors (Lipinski definition) is 0. The third kappa shape index (κ3) is 8.56. The normalized spacial score (nSPS) is 16.5. The third-order valence-electron chi connectivity index (χ3n) is 8.02. The Labute approximate surface area is 259 Å². The molecule has 238 valence electrons. The van der Waals surface area contributed by atoms with Crippen molar-refractivity contribution in [3.05, 3.63) is 137 Å². The van der Waals surface area contributed by atoms with Crippen molar-refractivity contribution in [3.63, 3.8) is 0 Å². The maximum absolute atomic E-state index is 14.4. The van der Waals surface area contributed by atoms with Gasteiger partial charge in [-0.2, -0.15) is 8.78 Å². The molecule has 0 bridgehead atoms. The number of ether oxygens (including phenoxy) is 1. The molecule has 4 aromatic rings. The molecule has 1 saturated carbocycles. The maximum atomic E-state index is 14.4. The van der Waals surface area contributed by atoms with E-state index in [0.29, 0.717) is 17.7 Å². The highest BCUT2D eigenvalue weighted by Gasteiger charge is 2.41. The molecular weight excluding hydrogens is 593 g/mol. The van der Waals surface area contributed by atoms with Crippen LogP contribution in [-0.4, -0.2) is 0 Å². The van der Waals surface area contributed by atoms with E-state index < -0.39 is 46.5 Å². The van der Waals surface area contributed by atoms with Gasteiger partial charge in [-0.1, -0.05) is 73.5 Å². The number of allylic oxidation sites excluding steroid dienone is 1. The van der Waals surface area contributed by atoms with Crippen molar-refractivity contribution < 1.29 is 35.5 Å². The van der Waals surface area contributed by atoms with E-state index in [1.807, 2.05) is 6.92 Å². The van der Waals surface area contributed by atoms with Crippen molar-refractivity contribution in [2.24, 2.45) is 5.92 Å². The van der Waals surface area contributed by atoms with Gasteiger partial charge in [-0.05, 0) is 85.3 Å². The van der Waals surface area contributed by atoms with Crippen LogP contribution in [0.3, 0.4) is 0 Å². The zero-order valence-corrected chi connectivity index (χ0v) is 25.2. The standard InChI is InChI=1S/C22H15F7O.C15H20/c1-2-3-12-4-6-13(7-5-12)14-8-16(23)20(17(24)9-14)22(28,29)30-15-10-18(25)21(27)19(26)11-15;1-3-13-6-10-15(11-7-13)14-8-4-12(2)5-9-14/h4-11H,2-3H2,1H3;3-5,8-9,13,15H,1,6-7,10-11H2,2H3. The monoisotopic (exact) mass is 628 g/mol. The molecule has 5 rings (SSSR count). The lowest BCUT2D eigenvalue weighted by Gasteiger charge is -2.26. The summed E-state index contributed by atoms with van der Waals surface area (Å²) in [5.74, 6) is -8.27. The van der Waals surface area contributed by atoms with Gasteiger partial charge in [0.05, 0.1) is 0 Å². The highest BCUT2D eigenvalue weighted by Crippen LogP contribution is 2.38. The molecule has 0 aliphatic heterocycles. The Morgan fingerprint density at radius 1 is 0.756 bits per heavy atom. The summed E-state index contributed by atoms with van der Waals surface area (Å²) < 4.78 is 101. The van der Waals surface area contributed by atoms with Crippen molar-refractivity contribution in [1.29, 1.82) is 0 Å². The van der Waals surface area contributed by atoms with Crippen LogP contribution in [0.5, 0.6) is 5.75 Å². The lowest BCUT2D eigenvalue weighted by atomic mass is 9.79. The number of alkyl halides is 2. The third-order valence-corrected chi connectivity index (χ3v) is 8.02. The zero-order valence-electron chi connectivity index (χ0n) is 25.2. The molecule has 1 aliphatic rings. The molecule has 0 spiro atoms. The van der Waals surface area contributed by atoms with Crippen LogP contribution < -0.4 is 4.74 Å². The van der Waals surface area contributed by atoms with Crippen LogP contribution in [0.1, 0.15) is 67.2 Å². The number of hydrogen-bond acceptors (Lipinski definition) is 1. The molecule has 0 amide bonds. The number of benzene rings is 4. The number of aryl methyl sites for hydroxylation is 2. The predicted octanol–water partition coefficient (Wildman–Crippen LogP) is 11.6. The predicted molar refractivity (Wildman–Crippen MR) is 163 cm³/mol. The highest BCUT2D eigenvalue weighted by molar-refractivity contribution is 5.64. The minimum atomic E-state index is -4.62. The molecule has 0 atom stereocenters. The summed E-state index contributed by atoms with van der Waals surface area (Å²) >= 11 is 0. The molecule has 0 N–H and O–H groups in total. The van der Waals surface area contributed by atoms with Crippen molar-refractivity contribution in [2.45, 2.75) is 64.4 Å². The van der Waals surface area contributed by atoms with E-state index in [1.54, 1.807) is 24.3 Å². The van der Waals surface area contributed by atoms with Crippen LogP contribution in [0.25, 0.3) is 11.1 Å². The van der Waals surface area contributed by atoms with Crippen molar-refractivity contribution in [3.8, 4) is 16.9 Å². The van der Waals surface area contributed by atoms with Crippen LogP contribution in [0.4, 0.5) is 30.7 Å². The van der Waals surface area contributed by atoms with Crippen LogP contribution >= 0.6 is 0 Å². The summed E-state index contributed by atoms with van der Waals surface area (Å²) in [6.07, 6.45) is 4.55. The molecular formula is C37H35F7O. The molecule has 0 aromatic heterocycles. The Bertz CT molecular complexity index is 1540. The Morgan fingerprint density at radius 2 is 1.31 bits per heavy atom. The summed E-state index contributed by atoms with van der Waals surface area (Å²) in [7, 11) is 0. The van der Waals surface area contributed by atoms with E-state index in [0.717, 1.165) is 30.2 Å². The smallest absolute Gasteiger partial charge is 0.429 e. The second kappa shape index (κ2) is 14.8. The molecule has 0 radical (unpaired) electrons. The largest absolute Gasteiger partial charge is 0.432 e. The molecule has 0 saturated heterocycles. The van der Waals surface area contributed by atoms with E-state index in [4.69, 9.17) is 0 Å². The lowest BCUT2D eigenvalue weighted by molar-refractivity contribution is -0.189. The van der Waals surface area contributed by atoms with Gasteiger partial charge in [0, 0.05) is 12.1 Å².